The van der Waals surface area contributed by atoms with Crippen LogP contribution < -0.4 is 9.64 Å². The van der Waals surface area contributed by atoms with Crippen molar-refractivity contribution in [3.05, 3.63) is 82.1 Å². The molecule has 30 heavy (non-hydrogen) atoms. The fourth-order valence-corrected chi connectivity index (χ4v) is 4.60. The SMILES string of the molecule is Cc1cc(F)ccc1OC(CCN1CCN(c2ccc(F)cc2)CC1)c1cccs1. The molecule has 1 fully saturated rings. The minimum absolute atomic E-state index is 0.0516. The van der Waals surface area contributed by atoms with Gasteiger partial charge in [0.2, 0.25) is 0 Å². The highest BCUT2D eigenvalue weighted by Gasteiger charge is 2.21. The second-order valence-electron chi connectivity index (χ2n) is 7.63. The lowest BCUT2D eigenvalue weighted by molar-refractivity contribution is 0.162. The Labute approximate surface area is 180 Å². The lowest BCUT2D eigenvalue weighted by atomic mass is 10.1. The molecule has 1 unspecified atom stereocenters. The van der Waals surface area contributed by atoms with E-state index in [-0.39, 0.29) is 17.7 Å². The van der Waals surface area contributed by atoms with Crippen molar-refractivity contribution in [2.45, 2.75) is 19.4 Å². The van der Waals surface area contributed by atoms with E-state index in [0.29, 0.717) is 0 Å². The first-order valence-corrected chi connectivity index (χ1v) is 11.2. The van der Waals surface area contributed by atoms with Crippen molar-refractivity contribution >= 4 is 17.0 Å². The van der Waals surface area contributed by atoms with Crippen LogP contribution in [0.25, 0.3) is 0 Å². The zero-order valence-electron chi connectivity index (χ0n) is 17.1. The van der Waals surface area contributed by atoms with Gasteiger partial charge in [0.25, 0.3) is 0 Å². The number of nitrogens with zero attached hydrogens (tertiary/aromatic N) is 2. The fraction of sp³-hybridized carbons (Fsp3) is 0.333. The number of rotatable bonds is 7. The van der Waals surface area contributed by atoms with Crippen LogP contribution in [0.4, 0.5) is 14.5 Å². The Morgan fingerprint density at radius 3 is 2.37 bits per heavy atom. The van der Waals surface area contributed by atoms with Gasteiger partial charge in [0.05, 0.1) is 0 Å². The maximum absolute atomic E-state index is 13.4. The number of benzene rings is 2. The molecular formula is C24H26F2N2OS. The van der Waals surface area contributed by atoms with Crippen molar-refractivity contribution in [3.8, 4) is 5.75 Å². The molecule has 2 heterocycles. The Morgan fingerprint density at radius 2 is 1.70 bits per heavy atom. The Morgan fingerprint density at radius 1 is 0.967 bits per heavy atom. The Hall–Kier alpha value is -2.44. The van der Waals surface area contributed by atoms with E-state index in [0.717, 1.165) is 56.1 Å². The topological polar surface area (TPSA) is 15.7 Å². The molecule has 1 aliphatic rings. The molecule has 158 valence electrons. The third-order valence-electron chi connectivity index (χ3n) is 5.54. The van der Waals surface area contributed by atoms with Crippen LogP contribution in [0.3, 0.4) is 0 Å². The van der Waals surface area contributed by atoms with Crippen molar-refractivity contribution in [1.82, 2.24) is 4.90 Å². The van der Waals surface area contributed by atoms with Crippen LogP contribution in [0.1, 0.15) is 23.0 Å². The maximum atomic E-state index is 13.4. The van der Waals surface area contributed by atoms with Crippen molar-refractivity contribution in [2.24, 2.45) is 0 Å². The average molecular weight is 429 g/mol. The minimum Gasteiger partial charge on any atom is -0.485 e. The van der Waals surface area contributed by atoms with Gasteiger partial charge in [0, 0.05) is 49.7 Å². The van der Waals surface area contributed by atoms with Gasteiger partial charge in [0.15, 0.2) is 0 Å². The summed E-state index contributed by atoms with van der Waals surface area (Å²) in [6.07, 6.45) is 0.817. The highest BCUT2D eigenvalue weighted by molar-refractivity contribution is 7.10. The molecule has 6 heteroatoms. The molecule has 0 saturated carbocycles. The third kappa shape index (κ3) is 5.18. The van der Waals surface area contributed by atoms with Gasteiger partial charge < -0.3 is 9.64 Å². The van der Waals surface area contributed by atoms with Crippen molar-refractivity contribution in [1.29, 1.82) is 0 Å². The predicted molar refractivity (Wildman–Crippen MR) is 118 cm³/mol. The van der Waals surface area contributed by atoms with Crippen LogP contribution in [0.5, 0.6) is 5.75 Å². The van der Waals surface area contributed by atoms with Crippen LogP contribution in [0.15, 0.2) is 60.0 Å². The summed E-state index contributed by atoms with van der Waals surface area (Å²) in [6.45, 7) is 6.58. The molecule has 0 amide bonds. The second-order valence-corrected chi connectivity index (χ2v) is 8.60. The van der Waals surface area contributed by atoms with E-state index in [4.69, 9.17) is 4.74 Å². The van der Waals surface area contributed by atoms with E-state index in [2.05, 4.69) is 21.2 Å². The monoisotopic (exact) mass is 428 g/mol. The van der Waals surface area contributed by atoms with Crippen LogP contribution in [0.2, 0.25) is 0 Å². The number of aryl methyl sites for hydroxylation is 1. The van der Waals surface area contributed by atoms with Crippen LogP contribution in [-0.2, 0) is 0 Å². The minimum atomic E-state index is -0.244. The summed E-state index contributed by atoms with van der Waals surface area (Å²) < 4.78 is 32.9. The number of ether oxygens (including phenoxy) is 1. The first-order chi connectivity index (χ1) is 14.6. The number of thiophene rings is 1. The molecule has 1 aliphatic heterocycles. The third-order valence-corrected chi connectivity index (χ3v) is 6.50. The summed E-state index contributed by atoms with van der Waals surface area (Å²) in [7, 11) is 0. The van der Waals surface area contributed by atoms with E-state index in [9.17, 15) is 8.78 Å². The van der Waals surface area contributed by atoms with Gasteiger partial charge in [0.1, 0.15) is 23.5 Å². The van der Waals surface area contributed by atoms with Gasteiger partial charge in [-0.1, -0.05) is 6.07 Å². The number of hydrogen-bond acceptors (Lipinski definition) is 4. The lowest BCUT2D eigenvalue weighted by Crippen LogP contribution is -2.46. The average Bonchev–Trinajstić information content (AvgIpc) is 3.28. The molecule has 3 aromatic rings. The normalized spacial score (nSPS) is 15.9. The van der Waals surface area contributed by atoms with Crippen molar-refractivity contribution in [3.63, 3.8) is 0 Å². The predicted octanol–water partition coefficient (Wildman–Crippen LogP) is 5.67. The van der Waals surface area contributed by atoms with Crippen LogP contribution in [0, 0.1) is 18.6 Å². The van der Waals surface area contributed by atoms with Gasteiger partial charge in [-0.3, -0.25) is 4.90 Å². The molecule has 3 nitrogen and oxygen atoms in total. The van der Waals surface area contributed by atoms with Gasteiger partial charge in [-0.25, -0.2) is 8.78 Å². The van der Waals surface area contributed by atoms with Gasteiger partial charge in [-0.05, 0) is 66.4 Å². The zero-order valence-corrected chi connectivity index (χ0v) is 17.9. The summed E-state index contributed by atoms with van der Waals surface area (Å²) in [5.74, 6) is 0.288. The van der Waals surface area contributed by atoms with Crippen LogP contribution in [-0.4, -0.2) is 37.6 Å². The molecule has 0 N–H and O–H groups in total. The molecule has 4 rings (SSSR count). The summed E-state index contributed by atoms with van der Waals surface area (Å²) in [6, 6.07) is 15.5. The van der Waals surface area contributed by atoms with Crippen molar-refractivity contribution < 1.29 is 13.5 Å². The van der Waals surface area contributed by atoms with E-state index in [1.807, 2.05) is 25.1 Å². The van der Waals surface area contributed by atoms with E-state index in [1.54, 1.807) is 17.4 Å². The first kappa shape index (κ1) is 20.8. The van der Waals surface area contributed by atoms with Crippen LogP contribution >= 0.6 is 11.3 Å². The maximum Gasteiger partial charge on any atom is 0.134 e. The number of anilines is 1. The molecule has 1 atom stereocenters. The summed E-state index contributed by atoms with van der Waals surface area (Å²) >= 11 is 1.69. The number of hydrogen-bond donors (Lipinski definition) is 0. The Bertz CT molecular complexity index is 938. The fourth-order valence-electron chi connectivity index (χ4n) is 3.81. The molecule has 1 aromatic heterocycles. The molecule has 0 radical (unpaired) electrons. The first-order valence-electron chi connectivity index (χ1n) is 10.3. The second kappa shape index (κ2) is 9.58. The van der Waals surface area contributed by atoms with Crippen molar-refractivity contribution in [2.75, 3.05) is 37.6 Å². The number of piperazine rings is 1. The van der Waals surface area contributed by atoms with E-state index in [1.165, 1.54) is 29.1 Å². The van der Waals surface area contributed by atoms with Gasteiger partial charge in [-0.15, -0.1) is 11.3 Å². The smallest absolute Gasteiger partial charge is 0.134 e. The highest BCUT2D eigenvalue weighted by Crippen LogP contribution is 2.30. The summed E-state index contributed by atoms with van der Waals surface area (Å²) in [5.41, 5.74) is 1.88. The van der Waals surface area contributed by atoms with E-state index >= 15 is 0 Å². The molecular weight excluding hydrogens is 402 g/mol. The number of halogens is 2. The zero-order chi connectivity index (χ0) is 20.9. The standard InChI is InChI=1S/C24H26F2N2OS/c1-18-17-20(26)6-9-22(18)29-23(24-3-2-16-30-24)10-11-27-12-14-28(15-13-27)21-7-4-19(25)5-8-21/h2-9,16-17,23H,10-15H2,1H3. The van der Waals surface area contributed by atoms with E-state index < -0.39 is 0 Å². The highest BCUT2D eigenvalue weighted by atomic mass is 32.1. The summed E-state index contributed by atoms with van der Waals surface area (Å²) in [5, 5.41) is 2.06. The lowest BCUT2D eigenvalue weighted by Gasteiger charge is -2.36. The molecule has 2 aromatic carbocycles. The quantitative estimate of drug-likeness (QED) is 0.482. The van der Waals surface area contributed by atoms with Gasteiger partial charge >= 0.3 is 0 Å². The molecule has 1 saturated heterocycles. The largest absolute Gasteiger partial charge is 0.485 e. The van der Waals surface area contributed by atoms with Gasteiger partial charge in [-0.2, -0.15) is 0 Å². The molecule has 0 aliphatic carbocycles. The Kier molecular flexibility index (Phi) is 6.65. The Balaban J connectivity index is 1.34. The summed E-state index contributed by atoms with van der Waals surface area (Å²) in [4.78, 5) is 5.93. The molecule has 0 spiro atoms. The molecule has 0 bridgehead atoms.